The van der Waals surface area contributed by atoms with Gasteiger partial charge in [-0.25, -0.2) is 0 Å². The summed E-state index contributed by atoms with van der Waals surface area (Å²) in [7, 11) is 0. The molecule has 0 fully saturated rings. The standard InChI is InChI=1S/C25H26N4O3/c1-15-5-7-19(8-6-15)14-29-17(3)21(16(2)28-29)10-12-24(30)26-20-9-11-23-22(13-20)27-25(31)18(4)32-23/h5-13,18H,14H2,1-4H3,(H,26,30)(H,27,31)/b12-10+/t18-/m0/s1. The van der Waals surface area contributed by atoms with Crippen LogP contribution in [0, 0.1) is 20.8 Å². The van der Waals surface area contributed by atoms with Crippen LogP contribution < -0.4 is 15.4 Å². The van der Waals surface area contributed by atoms with Gasteiger partial charge >= 0.3 is 0 Å². The van der Waals surface area contributed by atoms with Gasteiger partial charge in [0.05, 0.1) is 17.9 Å². The quantitative estimate of drug-likeness (QED) is 0.594. The maximum absolute atomic E-state index is 12.5. The van der Waals surface area contributed by atoms with E-state index in [-0.39, 0.29) is 11.8 Å². The van der Waals surface area contributed by atoms with Crippen molar-refractivity contribution in [2.75, 3.05) is 10.6 Å². The smallest absolute Gasteiger partial charge is 0.265 e. The molecule has 1 aliphatic rings. The van der Waals surface area contributed by atoms with Crippen molar-refractivity contribution in [1.82, 2.24) is 9.78 Å². The maximum Gasteiger partial charge on any atom is 0.265 e. The molecule has 0 spiro atoms. The number of carbonyl (C=O) groups is 2. The summed E-state index contributed by atoms with van der Waals surface area (Å²) >= 11 is 0. The Bertz CT molecular complexity index is 1210. The van der Waals surface area contributed by atoms with E-state index < -0.39 is 6.10 Å². The molecule has 4 rings (SSSR count). The van der Waals surface area contributed by atoms with Gasteiger partial charge in [0.1, 0.15) is 5.75 Å². The summed E-state index contributed by atoms with van der Waals surface area (Å²) in [6, 6.07) is 13.5. The molecule has 0 saturated carbocycles. The van der Waals surface area contributed by atoms with Gasteiger partial charge in [0, 0.05) is 23.0 Å². The topological polar surface area (TPSA) is 85.3 Å². The number of nitrogens with one attached hydrogen (secondary N) is 2. The number of hydrogen-bond acceptors (Lipinski definition) is 4. The molecule has 164 valence electrons. The highest BCUT2D eigenvalue weighted by molar-refractivity contribution is 6.03. The van der Waals surface area contributed by atoms with Crippen LogP contribution in [0.2, 0.25) is 0 Å². The Morgan fingerprint density at radius 1 is 1.19 bits per heavy atom. The van der Waals surface area contributed by atoms with Crippen LogP contribution in [0.3, 0.4) is 0 Å². The fourth-order valence-corrected chi connectivity index (χ4v) is 3.60. The molecule has 32 heavy (non-hydrogen) atoms. The van der Waals surface area contributed by atoms with Gasteiger partial charge in [-0.15, -0.1) is 0 Å². The summed E-state index contributed by atoms with van der Waals surface area (Å²) in [6.45, 7) is 8.36. The minimum atomic E-state index is -0.538. The highest BCUT2D eigenvalue weighted by atomic mass is 16.5. The van der Waals surface area contributed by atoms with Crippen molar-refractivity contribution in [1.29, 1.82) is 0 Å². The van der Waals surface area contributed by atoms with Gasteiger partial charge < -0.3 is 15.4 Å². The second-order valence-electron chi connectivity index (χ2n) is 8.01. The van der Waals surface area contributed by atoms with Gasteiger partial charge in [-0.05, 0) is 57.5 Å². The van der Waals surface area contributed by atoms with Crippen molar-refractivity contribution >= 4 is 29.3 Å². The number of anilines is 2. The summed E-state index contributed by atoms with van der Waals surface area (Å²) in [5, 5.41) is 10.2. The number of aromatic nitrogens is 2. The predicted molar refractivity (Wildman–Crippen MR) is 125 cm³/mol. The summed E-state index contributed by atoms with van der Waals surface area (Å²) in [5.41, 5.74) is 6.29. The van der Waals surface area contributed by atoms with Crippen molar-refractivity contribution in [2.24, 2.45) is 0 Å². The van der Waals surface area contributed by atoms with Crippen LogP contribution in [-0.2, 0) is 16.1 Å². The second kappa shape index (κ2) is 8.70. The molecule has 1 atom stereocenters. The normalized spacial score (nSPS) is 15.2. The molecule has 1 aliphatic heterocycles. The van der Waals surface area contributed by atoms with Crippen LogP contribution >= 0.6 is 0 Å². The lowest BCUT2D eigenvalue weighted by molar-refractivity contribution is -0.122. The van der Waals surface area contributed by atoms with E-state index in [0.717, 1.165) is 17.0 Å². The zero-order valence-electron chi connectivity index (χ0n) is 18.6. The Hall–Kier alpha value is -3.87. The van der Waals surface area contributed by atoms with E-state index in [2.05, 4.69) is 46.9 Å². The van der Waals surface area contributed by atoms with Gasteiger partial charge in [0.25, 0.3) is 5.91 Å². The molecule has 0 aliphatic carbocycles. The first-order valence-corrected chi connectivity index (χ1v) is 10.5. The minimum absolute atomic E-state index is 0.213. The average molecular weight is 431 g/mol. The van der Waals surface area contributed by atoms with Crippen LogP contribution in [0.15, 0.2) is 48.5 Å². The monoisotopic (exact) mass is 430 g/mol. The van der Waals surface area contributed by atoms with E-state index in [1.807, 2.05) is 18.5 Å². The predicted octanol–water partition coefficient (Wildman–Crippen LogP) is 4.23. The van der Waals surface area contributed by atoms with Crippen LogP contribution in [0.25, 0.3) is 6.08 Å². The zero-order valence-corrected chi connectivity index (χ0v) is 18.6. The summed E-state index contributed by atoms with van der Waals surface area (Å²) in [6.07, 6.45) is 2.73. The fourth-order valence-electron chi connectivity index (χ4n) is 3.60. The molecule has 7 nitrogen and oxygen atoms in total. The third-order valence-corrected chi connectivity index (χ3v) is 5.47. The van der Waals surface area contributed by atoms with E-state index in [1.165, 1.54) is 17.2 Å². The van der Waals surface area contributed by atoms with Crippen molar-refractivity contribution in [3.8, 4) is 5.75 Å². The average Bonchev–Trinajstić information content (AvgIpc) is 3.01. The van der Waals surface area contributed by atoms with E-state index in [4.69, 9.17) is 4.74 Å². The Morgan fingerprint density at radius 2 is 1.94 bits per heavy atom. The number of amides is 2. The van der Waals surface area contributed by atoms with Gasteiger partial charge in [0.2, 0.25) is 5.91 Å². The number of fused-ring (bicyclic) bond motifs is 1. The number of hydrogen-bond donors (Lipinski definition) is 2. The largest absolute Gasteiger partial charge is 0.479 e. The number of rotatable bonds is 5. The molecule has 0 radical (unpaired) electrons. The van der Waals surface area contributed by atoms with E-state index in [1.54, 1.807) is 31.2 Å². The van der Waals surface area contributed by atoms with Crippen LogP contribution in [0.4, 0.5) is 11.4 Å². The Kier molecular flexibility index (Phi) is 5.81. The van der Waals surface area contributed by atoms with Crippen LogP contribution in [0.5, 0.6) is 5.75 Å². The van der Waals surface area contributed by atoms with E-state index in [0.29, 0.717) is 23.7 Å². The lowest BCUT2D eigenvalue weighted by Crippen LogP contribution is -2.34. The van der Waals surface area contributed by atoms with Gasteiger partial charge in [-0.1, -0.05) is 29.8 Å². The molecule has 2 heterocycles. The lowest BCUT2D eigenvalue weighted by Gasteiger charge is -2.23. The first-order valence-electron chi connectivity index (χ1n) is 10.5. The molecule has 1 aromatic heterocycles. The molecule has 0 saturated heterocycles. The summed E-state index contributed by atoms with van der Waals surface area (Å²) < 4.78 is 7.49. The lowest BCUT2D eigenvalue weighted by atomic mass is 10.1. The maximum atomic E-state index is 12.5. The molecular formula is C25H26N4O3. The van der Waals surface area contributed by atoms with Crippen LogP contribution in [0.1, 0.15) is 35.0 Å². The third-order valence-electron chi connectivity index (χ3n) is 5.47. The van der Waals surface area contributed by atoms with Gasteiger partial charge in [0.15, 0.2) is 6.10 Å². The molecule has 2 amide bonds. The van der Waals surface area contributed by atoms with Crippen molar-refractivity contribution in [3.63, 3.8) is 0 Å². The van der Waals surface area contributed by atoms with E-state index >= 15 is 0 Å². The molecule has 2 N–H and O–H groups in total. The molecule has 7 heteroatoms. The number of carbonyl (C=O) groups excluding carboxylic acids is 2. The Labute approximate surface area is 187 Å². The second-order valence-corrected chi connectivity index (χ2v) is 8.01. The summed E-state index contributed by atoms with van der Waals surface area (Å²) in [5.74, 6) is 0.0961. The number of nitrogens with zero attached hydrogens (tertiary/aromatic N) is 2. The number of aryl methyl sites for hydroxylation is 2. The van der Waals surface area contributed by atoms with Crippen LogP contribution in [-0.4, -0.2) is 27.7 Å². The summed E-state index contributed by atoms with van der Waals surface area (Å²) in [4.78, 5) is 24.3. The first kappa shape index (κ1) is 21.4. The highest BCUT2D eigenvalue weighted by Crippen LogP contribution is 2.32. The van der Waals surface area contributed by atoms with Crippen molar-refractivity contribution in [2.45, 2.75) is 40.3 Å². The van der Waals surface area contributed by atoms with Gasteiger partial charge in [-0.3, -0.25) is 14.3 Å². The Balaban J connectivity index is 1.45. The molecular weight excluding hydrogens is 404 g/mol. The SMILES string of the molecule is Cc1ccc(Cn2nc(C)c(/C=C/C(=O)Nc3ccc4c(c3)NC(=O)[C@H](C)O4)c2C)cc1. The van der Waals surface area contributed by atoms with Crippen molar-refractivity contribution < 1.29 is 14.3 Å². The minimum Gasteiger partial charge on any atom is -0.479 e. The molecule has 0 unspecified atom stereocenters. The fraction of sp³-hybridized carbons (Fsp3) is 0.240. The number of ether oxygens (including phenoxy) is 1. The first-order chi connectivity index (χ1) is 15.3. The van der Waals surface area contributed by atoms with E-state index in [9.17, 15) is 9.59 Å². The molecule has 3 aromatic rings. The molecule has 0 bridgehead atoms. The van der Waals surface area contributed by atoms with Crippen molar-refractivity contribution in [3.05, 3.63) is 76.6 Å². The molecule has 2 aromatic carbocycles. The number of benzene rings is 2. The highest BCUT2D eigenvalue weighted by Gasteiger charge is 2.23. The Morgan fingerprint density at radius 3 is 2.69 bits per heavy atom. The zero-order chi connectivity index (χ0) is 22.8. The van der Waals surface area contributed by atoms with Gasteiger partial charge in [-0.2, -0.15) is 5.10 Å². The third kappa shape index (κ3) is 4.56.